The highest BCUT2D eigenvalue weighted by molar-refractivity contribution is 5.95. The van der Waals surface area contributed by atoms with Crippen molar-refractivity contribution >= 4 is 29.9 Å². The molecular weight excluding hydrogens is 394 g/mol. The molecule has 2 saturated heterocycles. The number of ether oxygens (including phenoxy) is 1. The van der Waals surface area contributed by atoms with Gasteiger partial charge >= 0.3 is 0 Å². The van der Waals surface area contributed by atoms with Crippen LogP contribution in [0.15, 0.2) is 36.7 Å². The maximum absolute atomic E-state index is 12.9. The Balaban J connectivity index is 0.00000240. The number of nitrogens with one attached hydrogen (secondary N) is 1. The van der Waals surface area contributed by atoms with Crippen LogP contribution < -0.4 is 15.0 Å². The van der Waals surface area contributed by atoms with Gasteiger partial charge in [-0.15, -0.1) is 12.4 Å². The first kappa shape index (κ1) is 21.1. The van der Waals surface area contributed by atoms with E-state index >= 15 is 0 Å². The Kier molecular flexibility index (Phi) is 6.76. The summed E-state index contributed by atoms with van der Waals surface area (Å²) in [5.74, 6) is 1.51. The van der Waals surface area contributed by atoms with Gasteiger partial charge in [-0.05, 0) is 18.6 Å². The molecule has 4 rings (SSSR count). The molecule has 1 atom stereocenters. The van der Waals surface area contributed by atoms with Gasteiger partial charge in [0.2, 0.25) is 5.91 Å². The Morgan fingerprint density at radius 2 is 2.21 bits per heavy atom. The number of halogens is 1. The van der Waals surface area contributed by atoms with Crippen LogP contribution in [0.3, 0.4) is 0 Å². The molecule has 1 N–H and O–H groups in total. The third-order valence-electron chi connectivity index (χ3n) is 5.29. The minimum atomic E-state index is -0.113. The van der Waals surface area contributed by atoms with Crippen molar-refractivity contribution in [3.63, 3.8) is 0 Å². The summed E-state index contributed by atoms with van der Waals surface area (Å²) in [6.45, 7) is 2.72. The van der Waals surface area contributed by atoms with E-state index in [4.69, 9.17) is 4.74 Å². The van der Waals surface area contributed by atoms with Crippen molar-refractivity contribution in [3.8, 4) is 5.75 Å². The van der Waals surface area contributed by atoms with Gasteiger partial charge in [-0.1, -0.05) is 6.07 Å². The SMILES string of the molecule is Cl.Cn1ccnc1C1CNCCN1C(=O)COc1cccc(N2CCCC2=O)c1. The fourth-order valence-electron chi connectivity index (χ4n) is 3.82. The van der Waals surface area contributed by atoms with E-state index in [9.17, 15) is 9.59 Å². The standard InChI is InChI=1S/C20H25N5O3.ClH/c1-23-10-8-22-20(23)17-13-21-7-11-25(17)19(27)14-28-16-5-2-4-15(12-16)24-9-3-6-18(24)26;/h2,4-5,8,10,12,17,21H,3,6-7,9,11,13-14H2,1H3;1H. The van der Waals surface area contributed by atoms with Gasteiger partial charge in [-0.3, -0.25) is 9.59 Å². The van der Waals surface area contributed by atoms with Crippen molar-refractivity contribution in [3.05, 3.63) is 42.5 Å². The molecule has 0 radical (unpaired) electrons. The summed E-state index contributed by atoms with van der Waals surface area (Å²) in [4.78, 5) is 32.8. The number of aromatic nitrogens is 2. The van der Waals surface area contributed by atoms with Crippen molar-refractivity contribution in [2.24, 2.45) is 7.05 Å². The second-order valence-corrected chi connectivity index (χ2v) is 7.14. The highest BCUT2D eigenvalue weighted by atomic mass is 35.5. The Morgan fingerprint density at radius 1 is 1.34 bits per heavy atom. The van der Waals surface area contributed by atoms with E-state index in [0.717, 1.165) is 31.0 Å². The summed E-state index contributed by atoms with van der Waals surface area (Å²) in [5, 5.41) is 3.33. The number of imidazole rings is 1. The van der Waals surface area contributed by atoms with E-state index in [2.05, 4.69) is 10.3 Å². The summed E-state index contributed by atoms with van der Waals surface area (Å²) in [5.41, 5.74) is 0.820. The zero-order chi connectivity index (χ0) is 19.5. The van der Waals surface area contributed by atoms with Gasteiger partial charge in [0.15, 0.2) is 6.61 Å². The zero-order valence-corrected chi connectivity index (χ0v) is 17.2. The molecule has 2 fully saturated rings. The van der Waals surface area contributed by atoms with Crippen molar-refractivity contribution in [2.45, 2.75) is 18.9 Å². The maximum Gasteiger partial charge on any atom is 0.261 e. The molecule has 1 aromatic carbocycles. The van der Waals surface area contributed by atoms with Crippen LogP contribution in [0.25, 0.3) is 0 Å². The summed E-state index contributed by atoms with van der Waals surface area (Å²) >= 11 is 0. The van der Waals surface area contributed by atoms with E-state index in [-0.39, 0.29) is 36.9 Å². The lowest BCUT2D eigenvalue weighted by Gasteiger charge is -2.35. The van der Waals surface area contributed by atoms with E-state index in [1.165, 1.54) is 0 Å². The molecule has 1 aromatic heterocycles. The number of carbonyl (C=O) groups excluding carboxylic acids is 2. The Bertz CT molecular complexity index is 871. The number of hydrogen-bond acceptors (Lipinski definition) is 5. The first-order valence-corrected chi connectivity index (χ1v) is 9.64. The smallest absolute Gasteiger partial charge is 0.261 e. The Hall–Kier alpha value is -2.58. The van der Waals surface area contributed by atoms with Crippen LogP contribution >= 0.6 is 12.4 Å². The number of amides is 2. The number of anilines is 1. The summed E-state index contributed by atoms with van der Waals surface area (Å²) < 4.78 is 7.72. The first-order valence-electron chi connectivity index (χ1n) is 9.64. The predicted molar refractivity (Wildman–Crippen MR) is 111 cm³/mol. The number of hydrogen-bond donors (Lipinski definition) is 1. The molecule has 2 aliphatic heterocycles. The molecule has 1 unspecified atom stereocenters. The lowest BCUT2D eigenvalue weighted by atomic mass is 10.1. The van der Waals surface area contributed by atoms with Gasteiger partial charge in [0.05, 0.1) is 0 Å². The van der Waals surface area contributed by atoms with Crippen molar-refractivity contribution in [1.29, 1.82) is 0 Å². The second-order valence-electron chi connectivity index (χ2n) is 7.14. The van der Waals surface area contributed by atoms with Gasteiger partial charge in [0.25, 0.3) is 5.91 Å². The fraction of sp³-hybridized carbons (Fsp3) is 0.450. The van der Waals surface area contributed by atoms with Crippen LogP contribution in [-0.2, 0) is 16.6 Å². The minimum absolute atomic E-state index is 0. The normalized spacial score (nSPS) is 19.2. The molecule has 0 spiro atoms. The van der Waals surface area contributed by atoms with Crippen molar-refractivity contribution in [2.75, 3.05) is 37.7 Å². The molecule has 3 heterocycles. The molecule has 2 aromatic rings. The van der Waals surface area contributed by atoms with Crippen LogP contribution in [0.4, 0.5) is 5.69 Å². The Labute approximate surface area is 176 Å². The summed E-state index contributed by atoms with van der Waals surface area (Å²) in [6, 6.07) is 7.27. The van der Waals surface area contributed by atoms with Gasteiger partial charge in [-0.2, -0.15) is 0 Å². The van der Waals surface area contributed by atoms with Gasteiger partial charge < -0.3 is 24.4 Å². The zero-order valence-electron chi connectivity index (χ0n) is 16.4. The number of benzene rings is 1. The molecule has 0 saturated carbocycles. The number of carbonyl (C=O) groups is 2. The molecule has 0 aliphatic carbocycles. The highest BCUT2D eigenvalue weighted by Crippen LogP contribution is 2.26. The number of aryl methyl sites for hydroxylation is 1. The third kappa shape index (κ3) is 4.54. The average Bonchev–Trinajstić information content (AvgIpc) is 3.34. The number of piperazine rings is 1. The molecular formula is C20H26ClN5O3. The van der Waals surface area contributed by atoms with E-state index in [1.807, 2.05) is 47.0 Å². The molecule has 9 heteroatoms. The Morgan fingerprint density at radius 3 is 2.93 bits per heavy atom. The van der Waals surface area contributed by atoms with Gasteiger partial charge in [0, 0.05) is 63.8 Å². The highest BCUT2D eigenvalue weighted by Gasteiger charge is 2.30. The number of rotatable bonds is 5. The summed E-state index contributed by atoms with van der Waals surface area (Å²) in [7, 11) is 1.93. The first-order chi connectivity index (χ1) is 13.6. The molecule has 156 valence electrons. The molecule has 2 amide bonds. The van der Waals surface area contributed by atoms with Gasteiger partial charge in [-0.25, -0.2) is 4.98 Å². The number of nitrogens with zero attached hydrogens (tertiary/aromatic N) is 4. The van der Waals surface area contributed by atoms with Crippen LogP contribution in [0.1, 0.15) is 24.7 Å². The molecule has 2 aliphatic rings. The largest absolute Gasteiger partial charge is 0.484 e. The topological polar surface area (TPSA) is 79.7 Å². The summed E-state index contributed by atoms with van der Waals surface area (Å²) in [6.07, 6.45) is 5.09. The monoisotopic (exact) mass is 419 g/mol. The van der Waals surface area contributed by atoms with E-state index < -0.39 is 0 Å². The molecule has 0 bridgehead atoms. The fourth-order valence-corrected chi connectivity index (χ4v) is 3.82. The predicted octanol–water partition coefficient (Wildman–Crippen LogP) is 1.52. The van der Waals surface area contributed by atoms with Crippen molar-refractivity contribution in [1.82, 2.24) is 19.8 Å². The van der Waals surface area contributed by atoms with Crippen molar-refractivity contribution < 1.29 is 14.3 Å². The lowest BCUT2D eigenvalue weighted by molar-refractivity contribution is -0.137. The van der Waals surface area contributed by atoms with E-state index in [1.54, 1.807) is 11.1 Å². The molecule has 29 heavy (non-hydrogen) atoms. The van der Waals surface area contributed by atoms with Crippen LogP contribution in [0.5, 0.6) is 5.75 Å². The lowest BCUT2D eigenvalue weighted by Crippen LogP contribution is -2.50. The minimum Gasteiger partial charge on any atom is -0.484 e. The van der Waals surface area contributed by atoms with Crippen LogP contribution in [-0.4, -0.2) is 59.1 Å². The van der Waals surface area contributed by atoms with Crippen LogP contribution in [0, 0.1) is 0 Å². The van der Waals surface area contributed by atoms with Gasteiger partial charge in [0.1, 0.15) is 17.6 Å². The average molecular weight is 420 g/mol. The van der Waals surface area contributed by atoms with Crippen LogP contribution in [0.2, 0.25) is 0 Å². The van der Waals surface area contributed by atoms with E-state index in [0.29, 0.717) is 25.3 Å². The third-order valence-corrected chi connectivity index (χ3v) is 5.29. The second kappa shape index (κ2) is 9.28. The quantitative estimate of drug-likeness (QED) is 0.794. The maximum atomic E-state index is 12.9. The molecule has 8 nitrogen and oxygen atoms in total.